The lowest BCUT2D eigenvalue weighted by atomic mass is 9.94. The Balaban J connectivity index is 1.60. The number of H-pyrrole nitrogens is 1. The van der Waals surface area contributed by atoms with Crippen molar-refractivity contribution in [1.29, 1.82) is 0 Å². The van der Waals surface area contributed by atoms with Gasteiger partial charge in [0, 0.05) is 54.0 Å². The standard InChI is InChI=1S/C34H43N5S/c1-8-10-11-12-30(24(5)9-2)34-33(36-22-37-34)28-13-14-31-29(17-28)16-27(18-35-31)21-40-32(15-23(3)4)39-19-25(6)38-26(7)20-39/h2,10-18,22-26,38H,8,19-21H2,1,3-7H3,(H,36,37)/b11-10-,30-12+,32-15-. The fourth-order valence-electron chi connectivity index (χ4n) is 5.16. The van der Waals surface area contributed by atoms with Gasteiger partial charge in [0.05, 0.1) is 28.3 Å². The minimum absolute atomic E-state index is 0.0518. The van der Waals surface area contributed by atoms with Crippen LogP contribution in [0.4, 0.5) is 0 Å². The Hall–Kier alpha value is -3.27. The van der Waals surface area contributed by atoms with E-state index in [0.717, 1.165) is 58.7 Å². The molecule has 2 aromatic heterocycles. The first-order valence-corrected chi connectivity index (χ1v) is 15.4. The lowest BCUT2D eigenvalue weighted by Crippen LogP contribution is -2.53. The molecule has 40 heavy (non-hydrogen) atoms. The van der Waals surface area contributed by atoms with E-state index >= 15 is 0 Å². The Morgan fingerprint density at radius 3 is 2.65 bits per heavy atom. The highest BCUT2D eigenvalue weighted by atomic mass is 32.2. The SMILES string of the molecule is C#CC(C)/C(=C\C=C/CC)c1nc[nH]c1-c1ccc2ncc(CS/C(=C\C(C)C)N3CC(C)NC(C)C3)cc2c1. The molecule has 4 rings (SSSR count). The average Bonchev–Trinajstić information content (AvgIpc) is 3.41. The van der Waals surface area contributed by atoms with E-state index in [1.54, 1.807) is 6.33 Å². The number of benzene rings is 1. The Labute approximate surface area is 244 Å². The summed E-state index contributed by atoms with van der Waals surface area (Å²) in [6.45, 7) is 15.3. The van der Waals surface area contributed by atoms with Crippen molar-refractivity contribution in [2.24, 2.45) is 11.8 Å². The van der Waals surface area contributed by atoms with E-state index in [-0.39, 0.29) is 5.92 Å². The summed E-state index contributed by atoms with van der Waals surface area (Å²) >= 11 is 1.92. The Bertz CT molecular complexity index is 1410. The molecule has 2 N–H and O–H groups in total. The van der Waals surface area contributed by atoms with Gasteiger partial charge in [0.1, 0.15) is 0 Å². The maximum Gasteiger partial charge on any atom is 0.0933 e. The van der Waals surface area contributed by atoms with Gasteiger partial charge in [-0.05, 0) is 62.4 Å². The normalized spacial score (nSPS) is 19.5. The van der Waals surface area contributed by atoms with E-state index < -0.39 is 0 Å². The van der Waals surface area contributed by atoms with Gasteiger partial charge in [-0.2, -0.15) is 0 Å². The summed E-state index contributed by atoms with van der Waals surface area (Å²) in [5.74, 6) is 4.20. The number of terminal acetylenes is 1. The number of aromatic amines is 1. The van der Waals surface area contributed by atoms with Crippen molar-refractivity contribution in [2.75, 3.05) is 13.1 Å². The zero-order valence-electron chi connectivity index (χ0n) is 24.7. The van der Waals surface area contributed by atoms with E-state index in [1.165, 1.54) is 10.6 Å². The van der Waals surface area contributed by atoms with Crippen molar-refractivity contribution in [1.82, 2.24) is 25.2 Å². The Morgan fingerprint density at radius 1 is 1.18 bits per heavy atom. The van der Waals surface area contributed by atoms with Gasteiger partial charge in [-0.3, -0.25) is 4.98 Å². The van der Waals surface area contributed by atoms with Gasteiger partial charge in [0.25, 0.3) is 0 Å². The fraction of sp³-hybridized carbons (Fsp3) is 0.412. The summed E-state index contributed by atoms with van der Waals surface area (Å²) < 4.78 is 0. The maximum atomic E-state index is 5.83. The van der Waals surface area contributed by atoms with Crippen molar-refractivity contribution in [3.05, 3.63) is 77.4 Å². The second-order valence-corrected chi connectivity index (χ2v) is 12.1. The van der Waals surface area contributed by atoms with Gasteiger partial charge < -0.3 is 15.2 Å². The summed E-state index contributed by atoms with van der Waals surface area (Å²) in [5.41, 5.74) is 6.19. The lowest BCUT2D eigenvalue weighted by Gasteiger charge is -2.39. The minimum Gasteiger partial charge on any atom is -0.364 e. The van der Waals surface area contributed by atoms with E-state index in [9.17, 15) is 0 Å². The predicted octanol–water partition coefficient (Wildman–Crippen LogP) is 7.66. The molecule has 3 unspecified atom stereocenters. The third-order valence-electron chi connectivity index (χ3n) is 7.04. The van der Waals surface area contributed by atoms with Gasteiger partial charge >= 0.3 is 0 Å². The topological polar surface area (TPSA) is 56.8 Å². The highest BCUT2D eigenvalue weighted by Crippen LogP contribution is 2.33. The lowest BCUT2D eigenvalue weighted by molar-refractivity contribution is 0.226. The number of hydrogen-bond donors (Lipinski definition) is 2. The Kier molecular flexibility index (Phi) is 10.3. The molecule has 1 aliphatic heterocycles. The van der Waals surface area contributed by atoms with Crippen LogP contribution in [0.25, 0.3) is 27.7 Å². The van der Waals surface area contributed by atoms with E-state index in [0.29, 0.717) is 18.0 Å². The molecule has 0 saturated carbocycles. The van der Waals surface area contributed by atoms with Crippen LogP contribution in [0.15, 0.2) is 66.1 Å². The number of pyridine rings is 1. The molecule has 0 bridgehead atoms. The summed E-state index contributed by atoms with van der Waals surface area (Å²) in [7, 11) is 0. The molecule has 3 atom stereocenters. The van der Waals surface area contributed by atoms with Crippen molar-refractivity contribution in [3.63, 3.8) is 0 Å². The minimum atomic E-state index is -0.0518. The van der Waals surface area contributed by atoms with Crippen molar-refractivity contribution in [2.45, 2.75) is 65.8 Å². The number of nitrogens with one attached hydrogen (secondary N) is 2. The van der Waals surface area contributed by atoms with E-state index in [4.69, 9.17) is 11.4 Å². The number of nitrogens with zero attached hydrogens (tertiary/aromatic N) is 3. The smallest absolute Gasteiger partial charge is 0.0933 e. The number of rotatable bonds is 10. The average molecular weight is 554 g/mol. The van der Waals surface area contributed by atoms with Crippen LogP contribution in [0.3, 0.4) is 0 Å². The molecular formula is C34H43N5S. The second kappa shape index (κ2) is 13.9. The summed E-state index contributed by atoms with van der Waals surface area (Å²) in [5, 5.41) is 6.14. The quantitative estimate of drug-likeness (QED) is 0.199. The fourth-order valence-corrected chi connectivity index (χ4v) is 6.34. The van der Waals surface area contributed by atoms with Gasteiger partial charge in [0.15, 0.2) is 0 Å². The molecule has 1 aliphatic rings. The first-order chi connectivity index (χ1) is 19.3. The molecule has 0 aliphatic carbocycles. The van der Waals surface area contributed by atoms with Crippen LogP contribution < -0.4 is 5.32 Å². The highest BCUT2D eigenvalue weighted by Gasteiger charge is 2.23. The van der Waals surface area contributed by atoms with Crippen LogP contribution in [0, 0.1) is 24.2 Å². The second-order valence-electron chi connectivity index (χ2n) is 11.1. The third-order valence-corrected chi connectivity index (χ3v) is 8.20. The number of hydrogen-bond acceptors (Lipinski definition) is 5. The van der Waals surface area contributed by atoms with Crippen LogP contribution >= 0.6 is 11.8 Å². The van der Waals surface area contributed by atoms with Crippen molar-refractivity contribution in [3.8, 4) is 23.6 Å². The zero-order chi connectivity index (χ0) is 28.6. The van der Waals surface area contributed by atoms with E-state index in [1.807, 2.05) is 24.9 Å². The largest absolute Gasteiger partial charge is 0.364 e. The van der Waals surface area contributed by atoms with Gasteiger partial charge in [0.2, 0.25) is 0 Å². The molecule has 3 aromatic rings. The maximum absolute atomic E-state index is 5.83. The van der Waals surface area contributed by atoms with Crippen LogP contribution in [0.2, 0.25) is 0 Å². The summed E-state index contributed by atoms with van der Waals surface area (Å²) in [6.07, 6.45) is 19.3. The predicted molar refractivity (Wildman–Crippen MR) is 173 cm³/mol. The van der Waals surface area contributed by atoms with Crippen LogP contribution in [0.5, 0.6) is 0 Å². The highest BCUT2D eigenvalue weighted by molar-refractivity contribution is 8.02. The van der Waals surface area contributed by atoms with Gasteiger partial charge in [-0.25, -0.2) is 4.98 Å². The molecule has 1 fully saturated rings. The molecule has 1 saturated heterocycles. The number of piperazine rings is 1. The van der Waals surface area contributed by atoms with Crippen LogP contribution in [0.1, 0.15) is 59.2 Å². The summed E-state index contributed by atoms with van der Waals surface area (Å²) in [6, 6.07) is 9.64. The molecule has 0 radical (unpaired) electrons. The molecule has 210 valence electrons. The monoisotopic (exact) mass is 553 g/mol. The number of allylic oxidation sites excluding steroid dienone is 5. The number of aromatic nitrogens is 3. The van der Waals surface area contributed by atoms with Crippen molar-refractivity contribution < 1.29 is 0 Å². The Morgan fingerprint density at radius 2 is 1.95 bits per heavy atom. The van der Waals surface area contributed by atoms with Gasteiger partial charge in [-0.15, -0.1) is 18.2 Å². The molecule has 5 nitrogen and oxygen atoms in total. The molecular weight excluding hydrogens is 510 g/mol. The summed E-state index contributed by atoms with van der Waals surface area (Å²) in [4.78, 5) is 15.4. The first kappa shape index (κ1) is 29.7. The molecule has 0 amide bonds. The van der Waals surface area contributed by atoms with Crippen LogP contribution in [-0.2, 0) is 5.75 Å². The van der Waals surface area contributed by atoms with Gasteiger partial charge in [-0.1, -0.05) is 57.1 Å². The number of fused-ring (bicyclic) bond motifs is 1. The molecule has 1 aromatic carbocycles. The first-order valence-electron chi connectivity index (χ1n) is 14.4. The number of thioether (sulfide) groups is 1. The van der Waals surface area contributed by atoms with E-state index in [2.05, 4.69) is 109 Å². The number of imidazole rings is 1. The molecule has 3 heterocycles. The molecule has 0 spiro atoms. The zero-order valence-corrected chi connectivity index (χ0v) is 25.6. The molecule has 6 heteroatoms. The third kappa shape index (κ3) is 7.47. The van der Waals surface area contributed by atoms with Crippen molar-refractivity contribution >= 4 is 28.2 Å². The van der Waals surface area contributed by atoms with Crippen LogP contribution in [-0.4, -0.2) is 45.0 Å².